The predicted octanol–water partition coefficient (Wildman–Crippen LogP) is 3.63. The number of para-hydroxylation sites is 2. The number of nitrogens with one attached hydrogen (secondary N) is 2. The zero-order valence-corrected chi connectivity index (χ0v) is 17.4. The monoisotopic (exact) mass is 417 g/mol. The van der Waals surface area contributed by atoms with E-state index in [-0.39, 0.29) is 18.1 Å². The summed E-state index contributed by atoms with van der Waals surface area (Å²) in [6.45, 7) is 7.40. The number of rotatable bonds is 12. The second-order valence-electron chi connectivity index (χ2n) is 6.06. The number of carbonyl (C=O) groups is 1. The highest BCUT2D eigenvalue weighted by atomic mass is 16.6. The van der Waals surface area contributed by atoms with Crippen LogP contribution in [0.4, 0.5) is 11.4 Å². The van der Waals surface area contributed by atoms with Gasteiger partial charge in [0.05, 0.1) is 24.7 Å². The maximum absolute atomic E-state index is 12.6. The van der Waals surface area contributed by atoms with Crippen LogP contribution in [0.5, 0.6) is 17.2 Å². The van der Waals surface area contributed by atoms with E-state index < -0.39 is 4.92 Å². The molecule has 2 N–H and O–H groups in total. The van der Waals surface area contributed by atoms with E-state index in [4.69, 9.17) is 14.2 Å². The van der Waals surface area contributed by atoms with Gasteiger partial charge in [-0.15, -0.1) is 0 Å². The van der Waals surface area contributed by atoms with Crippen LogP contribution in [-0.4, -0.2) is 43.7 Å². The molecule has 30 heavy (non-hydrogen) atoms. The molecule has 162 valence electrons. The van der Waals surface area contributed by atoms with Gasteiger partial charge in [0.25, 0.3) is 11.6 Å². The topological polar surface area (TPSA) is 112 Å². The first-order chi connectivity index (χ1) is 14.5. The summed E-state index contributed by atoms with van der Waals surface area (Å²) in [5, 5.41) is 16.8. The fraction of sp³-hybridized carbons (Fsp3) is 0.381. The Labute approximate surface area is 175 Å². The van der Waals surface area contributed by atoms with E-state index in [1.54, 1.807) is 30.3 Å². The standard InChI is InChI=1S/C21H27N3O6/c1-4-28-18-13-15(14-19(29-5-2)20(18)30-6-3)21(25)23-12-11-22-16-9-7-8-10-17(16)24(26)27/h7-10,13-14,22H,4-6,11-12H2,1-3H3,(H,23,25). The Balaban J connectivity index is 2.06. The lowest BCUT2D eigenvalue weighted by molar-refractivity contribution is -0.384. The van der Waals surface area contributed by atoms with Crippen molar-refractivity contribution >= 4 is 17.3 Å². The highest BCUT2D eigenvalue weighted by molar-refractivity contribution is 5.95. The summed E-state index contributed by atoms with van der Waals surface area (Å²) >= 11 is 0. The summed E-state index contributed by atoms with van der Waals surface area (Å²) in [6.07, 6.45) is 0. The van der Waals surface area contributed by atoms with Gasteiger partial charge in [0.1, 0.15) is 5.69 Å². The smallest absolute Gasteiger partial charge is 0.292 e. The van der Waals surface area contributed by atoms with E-state index in [0.29, 0.717) is 54.9 Å². The van der Waals surface area contributed by atoms with Crippen molar-refractivity contribution in [3.63, 3.8) is 0 Å². The van der Waals surface area contributed by atoms with Crippen LogP contribution in [-0.2, 0) is 0 Å². The largest absolute Gasteiger partial charge is 0.490 e. The molecule has 0 aromatic heterocycles. The van der Waals surface area contributed by atoms with Gasteiger partial charge in [0.15, 0.2) is 11.5 Å². The van der Waals surface area contributed by atoms with Crippen LogP contribution in [0, 0.1) is 10.1 Å². The van der Waals surface area contributed by atoms with Crippen LogP contribution in [0.3, 0.4) is 0 Å². The Morgan fingerprint density at radius 2 is 1.57 bits per heavy atom. The first kappa shape index (κ1) is 22.8. The van der Waals surface area contributed by atoms with Crippen molar-refractivity contribution in [2.75, 3.05) is 38.2 Å². The molecule has 0 heterocycles. The van der Waals surface area contributed by atoms with Crippen molar-refractivity contribution in [3.8, 4) is 17.2 Å². The van der Waals surface area contributed by atoms with E-state index in [9.17, 15) is 14.9 Å². The third-order valence-electron chi connectivity index (χ3n) is 4.00. The number of hydrogen-bond donors (Lipinski definition) is 2. The lowest BCUT2D eigenvalue weighted by Gasteiger charge is -2.17. The first-order valence-electron chi connectivity index (χ1n) is 9.83. The molecule has 2 rings (SSSR count). The molecular formula is C21H27N3O6. The molecule has 0 bridgehead atoms. The molecule has 0 radical (unpaired) electrons. The molecule has 9 nitrogen and oxygen atoms in total. The van der Waals surface area contributed by atoms with Crippen LogP contribution in [0.1, 0.15) is 31.1 Å². The van der Waals surface area contributed by atoms with Crippen molar-refractivity contribution in [1.29, 1.82) is 0 Å². The first-order valence-corrected chi connectivity index (χ1v) is 9.83. The summed E-state index contributed by atoms with van der Waals surface area (Å²) in [4.78, 5) is 23.2. The van der Waals surface area contributed by atoms with E-state index >= 15 is 0 Å². The summed E-state index contributed by atoms with van der Waals surface area (Å²) < 4.78 is 16.9. The maximum Gasteiger partial charge on any atom is 0.292 e. The Kier molecular flexibility index (Phi) is 8.74. The molecule has 0 spiro atoms. The van der Waals surface area contributed by atoms with E-state index in [2.05, 4.69) is 10.6 Å². The van der Waals surface area contributed by atoms with Gasteiger partial charge in [-0.25, -0.2) is 0 Å². The highest BCUT2D eigenvalue weighted by Crippen LogP contribution is 2.39. The minimum absolute atomic E-state index is 0.0157. The summed E-state index contributed by atoms with van der Waals surface area (Å²) in [5.41, 5.74) is 0.754. The molecular weight excluding hydrogens is 390 g/mol. The number of carbonyl (C=O) groups excluding carboxylic acids is 1. The summed E-state index contributed by atoms with van der Waals surface area (Å²) in [6, 6.07) is 9.57. The van der Waals surface area contributed by atoms with E-state index in [0.717, 1.165) is 0 Å². The Morgan fingerprint density at radius 3 is 2.13 bits per heavy atom. The van der Waals surface area contributed by atoms with Gasteiger partial charge in [0.2, 0.25) is 5.75 Å². The van der Waals surface area contributed by atoms with Crippen LogP contribution in [0.15, 0.2) is 36.4 Å². The maximum atomic E-state index is 12.6. The Morgan fingerprint density at radius 1 is 0.967 bits per heavy atom. The second-order valence-corrected chi connectivity index (χ2v) is 6.06. The van der Waals surface area contributed by atoms with Gasteiger partial charge in [-0.05, 0) is 39.0 Å². The predicted molar refractivity (Wildman–Crippen MR) is 114 cm³/mol. The number of nitrogens with zero attached hydrogens (tertiary/aromatic N) is 1. The van der Waals surface area contributed by atoms with Crippen LogP contribution in [0.25, 0.3) is 0 Å². The molecule has 0 fully saturated rings. The van der Waals surface area contributed by atoms with E-state index in [1.807, 2.05) is 20.8 Å². The molecule has 2 aromatic rings. The van der Waals surface area contributed by atoms with Gasteiger partial charge in [-0.3, -0.25) is 14.9 Å². The number of nitro benzene ring substituents is 1. The van der Waals surface area contributed by atoms with Crippen molar-refractivity contribution < 1.29 is 23.9 Å². The normalized spacial score (nSPS) is 10.2. The Hall–Kier alpha value is -3.49. The lowest BCUT2D eigenvalue weighted by Crippen LogP contribution is -2.29. The average molecular weight is 417 g/mol. The van der Waals surface area contributed by atoms with Gasteiger partial charge >= 0.3 is 0 Å². The highest BCUT2D eigenvalue weighted by Gasteiger charge is 2.18. The number of amides is 1. The number of hydrogen-bond acceptors (Lipinski definition) is 7. The van der Waals surface area contributed by atoms with Gasteiger partial charge in [0, 0.05) is 24.7 Å². The van der Waals surface area contributed by atoms with Gasteiger partial charge < -0.3 is 24.8 Å². The number of anilines is 1. The fourth-order valence-electron chi connectivity index (χ4n) is 2.78. The molecule has 0 aliphatic rings. The van der Waals surface area contributed by atoms with Crippen LogP contribution in [0.2, 0.25) is 0 Å². The third kappa shape index (κ3) is 6.00. The molecule has 0 aliphatic carbocycles. The van der Waals surface area contributed by atoms with Gasteiger partial charge in [-0.1, -0.05) is 12.1 Å². The minimum Gasteiger partial charge on any atom is -0.490 e. The molecule has 1 amide bonds. The van der Waals surface area contributed by atoms with Crippen LogP contribution >= 0.6 is 0 Å². The number of ether oxygens (including phenoxy) is 3. The molecule has 0 saturated heterocycles. The van der Waals surface area contributed by atoms with Crippen LogP contribution < -0.4 is 24.8 Å². The fourth-order valence-corrected chi connectivity index (χ4v) is 2.78. The third-order valence-corrected chi connectivity index (χ3v) is 4.00. The molecule has 0 aliphatic heterocycles. The molecule has 2 aromatic carbocycles. The van der Waals surface area contributed by atoms with Crippen molar-refractivity contribution in [2.45, 2.75) is 20.8 Å². The second kappa shape index (κ2) is 11.5. The zero-order chi connectivity index (χ0) is 21.9. The average Bonchev–Trinajstić information content (AvgIpc) is 2.73. The number of nitro groups is 1. The molecule has 0 saturated carbocycles. The minimum atomic E-state index is -0.453. The van der Waals surface area contributed by atoms with E-state index in [1.165, 1.54) is 6.07 Å². The van der Waals surface area contributed by atoms with Gasteiger partial charge in [-0.2, -0.15) is 0 Å². The van der Waals surface area contributed by atoms with Crippen molar-refractivity contribution in [3.05, 3.63) is 52.1 Å². The molecule has 9 heteroatoms. The lowest BCUT2D eigenvalue weighted by atomic mass is 10.1. The SMILES string of the molecule is CCOc1cc(C(=O)NCCNc2ccccc2[N+](=O)[O-])cc(OCC)c1OCC. The molecule has 0 atom stereocenters. The van der Waals surface area contributed by atoms with Crippen molar-refractivity contribution in [1.82, 2.24) is 5.32 Å². The number of benzene rings is 2. The quantitative estimate of drug-likeness (QED) is 0.308. The summed E-state index contributed by atoms with van der Waals surface area (Å²) in [7, 11) is 0. The zero-order valence-electron chi connectivity index (χ0n) is 17.4. The Bertz CT molecular complexity index is 845. The molecule has 0 unspecified atom stereocenters. The van der Waals surface area contributed by atoms with Crippen molar-refractivity contribution in [2.24, 2.45) is 0 Å². The summed E-state index contributed by atoms with van der Waals surface area (Å²) in [5.74, 6) is 1.03.